The first kappa shape index (κ1) is 17.8. The Labute approximate surface area is 127 Å². The van der Waals surface area contributed by atoms with Gasteiger partial charge in [0.05, 0.1) is 0 Å². The van der Waals surface area contributed by atoms with Crippen LogP contribution >= 0.6 is 0 Å². The molecule has 2 amide bonds. The Kier molecular flexibility index (Phi) is 6.45. The Balaban J connectivity index is 2.42. The van der Waals surface area contributed by atoms with Gasteiger partial charge in [-0.25, -0.2) is 9.59 Å². The summed E-state index contributed by atoms with van der Waals surface area (Å²) in [5.74, 6) is -0.532. The summed E-state index contributed by atoms with van der Waals surface area (Å²) in [5, 5.41) is 14.7. The first-order chi connectivity index (χ1) is 9.84. The van der Waals surface area contributed by atoms with Gasteiger partial charge in [0.1, 0.15) is 5.54 Å². The Morgan fingerprint density at radius 3 is 2.38 bits per heavy atom. The molecule has 1 aliphatic heterocycles. The molecule has 1 atom stereocenters. The average molecular weight is 299 g/mol. The summed E-state index contributed by atoms with van der Waals surface area (Å²) < 4.78 is 0. The highest BCUT2D eigenvalue weighted by Crippen LogP contribution is 2.18. The van der Waals surface area contributed by atoms with Crippen molar-refractivity contribution < 1.29 is 14.7 Å². The summed E-state index contributed by atoms with van der Waals surface area (Å²) in [6, 6.07) is 0.146. The SMILES string of the molecule is CCC(CC)(NC(=O)NCC1CCN(C(C)C)C1)C(=O)O. The fourth-order valence-electron chi connectivity index (χ4n) is 2.78. The van der Waals surface area contributed by atoms with E-state index in [1.165, 1.54) is 0 Å². The summed E-state index contributed by atoms with van der Waals surface area (Å²) >= 11 is 0. The molecule has 1 fully saturated rings. The number of carbonyl (C=O) groups excluding carboxylic acids is 1. The number of likely N-dealkylation sites (tertiary alicyclic amines) is 1. The van der Waals surface area contributed by atoms with Gasteiger partial charge in [-0.2, -0.15) is 0 Å². The molecule has 0 aromatic heterocycles. The van der Waals surface area contributed by atoms with E-state index in [1.807, 2.05) is 0 Å². The van der Waals surface area contributed by atoms with Crippen molar-refractivity contribution in [1.29, 1.82) is 0 Å². The maximum atomic E-state index is 12.0. The fraction of sp³-hybridized carbons (Fsp3) is 0.867. The molecule has 1 heterocycles. The molecular formula is C15H29N3O3. The molecule has 1 aliphatic rings. The highest BCUT2D eigenvalue weighted by atomic mass is 16.4. The summed E-state index contributed by atoms with van der Waals surface area (Å²) in [6.45, 7) is 10.5. The Morgan fingerprint density at radius 1 is 1.33 bits per heavy atom. The predicted octanol–water partition coefficient (Wildman–Crippen LogP) is 1.66. The second-order valence-corrected chi connectivity index (χ2v) is 6.17. The average Bonchev–Trinajstić information content (AvgIpc) is 2.91. The summed E-state index contributed by atoms with van der Waals surface area (Å²) in [4.78, 5) is 25.7. The quantitative estimate of drug-likeness (QED) is 0.668. The van der Waals surface area contributed by atoms with Gasteiger partial charge in [-0.15, -0.1) is 0 Å². The predicted molar refractivity (Wildman–Crippen MR) is 82.3 cm³/mol. The highest BCUT2D eigenvalue weighted by Gasteiger charge is 2.36. The lowest BCUT2D eigenvalue weighted by Crippen LogP contribution is -2.57. The van der Waals surface area contributed by atoms with E-state index in [0.717, 1.165) is 19.5 Å². The zero-order chi connectivity index (χ0) is 16.0. The first-order valence-electron chi connectivity index (χ1n) is 7.88. The van der Waals surface area contributed by atoms with Crippen molar-refractivity contribution in [3.63, 3.8) is 0 Å². The number of carbonyl (C=O) groups is 2. The monoisotopic (exact) mass is 299 g/mol. The Bertz CT molecular complexity index is 367. The molecule has 0 aromatic rings. The van der Waals surface area contributed by atoms with Crippen LogP contribution in [0.25, 0.3) is 0 Å². The third kappa shape index (κ3) is 4.59. The number of carboxylic acid groups (broad SMARTS) is 1. The van der Waals surface area contributed by atoms with E-state index in [0.29, 0.717) is 31.3 Å². The smallest absolute Gasteiger partial charge is 0.329 e. The number of amides is 2. The zero-order valence-corrected chi connectivity index (χ0v) is 13.6. The van der Waals surface area contributed by atoms with Gasteiger partial charge in [-0.1, -0.05) is 13.8 Å². The van der Waals surface area contributed by atoms with Gasteiger partial charge in [-0.05, 0) is 45.6 Å². The molecule has 0 radical (unpaired) electrons. The topological polar surface area (TPSA) is 81.7 Å². The van der Waals surface area contributed by atoms with Crippen LogP contribution in [0.5, 0.6) is 0 Å². The lowest BCUT2D eigenvalue weighted by atomic mass is 9.93. The zero-order valence-electron chi connectivity index (χ0n) is 13.6. The summed E-state index contributed by atoms with van der Waals surface area (Å²) in [5.41, 5.74) is -1.16. The van der Waals surface area contributed by atoms with E-state index in [9.17, 15) is 14.7 Å². The van der Waals surface area contributed by atoms with E-state index >= 15 is 0 Å². The van der Waals surface area contributed by atoms with E-state index in [1.54, 1.807) is 13.8 Å². The minimum Gasteiger partial charge on any atom is -0.480 e. The van der Waals surface area contributed by atoms with Crippen LogP contribution in [0.15, 0.2) is 0 Å². The molecule has 6 heteroatoms. The summed E-state index contributed by atoms with van der Waals surface area (Å²) in [7, 11) is 0. The third-order valence-electron chi connectivity index (χ3n) is 4.57. The number of hydrogen-bond acceptors (Lipinski definition) is 3. The molecule has 0 bridgehead atoms. The molecule has 6 nitrogen and oxygen atoms in total. The summed E-state index contributed by atoms with van der Waals surface area (Å²) in [6.07, 6.45) is 1.82. The molecule has 1 rings (SSSR count). The molecule has 122 valence electrons. The van der Waals surface area contributed by atoms with Crippen molar-refractivity contribution in [2.75, 3.05) is 19.6 Å². The largest absolute Gasteiger partial charge is 0.480 e. The van der Waals surface area contributed by atoms with E-state index < -0.39 is 11.5 Å². The van der Waals surface area contributed by atoms with Crippen LogP contribution in [0.1, 0.15) is 47.0 Å². The minimum absolute atomic E-state index is 0.372. The molecule has 1 saturated heterocycles. The van der Waals surface area contributed by atoms with Gasteiger partial charge < -0.3 is 20.6 Å². The Morgan fingerprint density at radius 2 is 1.95 bits per heavy atom. The molecule has 0 aliphatic carbocycles. The van der Waals surface area contributed by atoms with Gasteiger partial charge >= 0.3 is 12.0 Å². The van der Waals surface area contributed by atoms with Crippen molar-refractivity contribution in [2.24, 2.45) is 5.92 Å². The lowest BCUT2D eigenvalue weighted by Gasteiger charge is -2.28. The highest BCUT2D eigenvalue weighted by molar-refractivity contribution is 5.86. The van der Waals surface area contributed by atoms with Crippen molar-refractivity contribution in [2.45, 2.75) is 58.5 Å². The second kappa shape index (κ2) is 7.64. The van der Waals surface area contributed by atoms with Gasteiger partial charge in [0.15, 0.2) is 0 Å². The number of urea groups is 1. The number of carboxylic acids is 1. The molecular weight excluding hydrogens is 270 g/mol. The van der Waals surface area contributed by atoms with Crippen molar-refractivity contribution in [3.8, 4) is 0 Å². The lowest BCUT2D eigenvalue weighted by molar-refractivity contribution is -0.144. The number of hydrogen-bond donors (Lipinski definition) is 3. The maximum Gasteiger partial charge on any atom is 0.329 e. The second-order valence-electron chi connectivity index (χ2n) is 6.17. The van der Waals surface area contributed by atoms with E-state index in [2.05, 4.69) is 29.4 Å². The molecule has 0 spiro atoms. The minimum atomic E-state index is -1.16. The molecule has 21 heavy (non-hydrogen) atoms. The molecule has 0 saturated carbocycles. The van der Waals surface area contributed by atoms with Crippen LogP contribution in [0.3, 0.4) is 0 Å². The van der Waals surface area contributed by atoms with Crippen LogP contribution in [-0.2, 0) is 4.79 Å². The molecule has 1 unspecified atom stereocenters. The Hall–Kier alpha value is -1.30. The van der Waals surface area contributed by atoms with Gasteiger partial charge in [0, 0.05) is 19.1 Å². The van der Waals surface area contributed by atoms with Crippen LogP contribution < -0.4 is 10.6 Å². The normalized spacial score (nSPS) is 19.8. The maximum absolute atomic E-state index is 12.0. The van der Waals surface area contributed by atoms with E-state index in [-0.39, 0.29) is 6.03 Å². The van der Waals surface area contributed by atoms with Gasteiger partial charge in [0.2, 0.25) is 0 Å². The number of nitrogens with zero attached hydrogens (tertiary/aromatic N) is 1. The van der Waals surface area contributed by atoms with Crippen LogP contribution in [0.2, 0.25) is 0 Å². The molecule has 0 aromatic carbocycles. The van der Waals surface area contributed by atoms with E-state index in [4.69, 9.17) is 0 Å². The van der Waals surface area contributed by atoms with Gasteiger partial charge in [0.25, 0.3) is 0 Å². The third-order valence-corrected chi connectivity index (χ3v) is 4.57. The van der Waals surface area contributed by atoms with Crippen molar-refractivity contribution >= 4 is 12.0 Å². The first-order valence-corrected chi connectivity index (χ1v) is 7.88. The van der Waals surface area contributed by atoms with Gasteiger partial charge in [-0.3, -0.25) is 0 Å². The molecule has 3 N–H and O–H groups in total. The standard InChI is InChI=1S/C15H29N3O3/c1-5-15(6-2,13(19)20)17-14(21)16-9-12-7-8-18(10-12)11(3)4/h11-12H,5-10H2,1-4H3,(H,19,20)(H2,16,17,21). The number of nitrogens with one attached hydrogen (secondary N) is 2. The fourth-order valence-corrected chi connectivity index (χ4v) is 2.78. The number of aliphatic carboxylic acids is 1. The van der Waals surface area contributed by atoms with Crippen LogP contribution in [-0.4, -0.2) is 53.2 Å². The van der Waals surface area contributed by atoms with Crippen LogP contribution in [0.4, 0.5) is 4.79 Å². The van der Waals surface area contributed by atoms with Crippen LogP contribution in [0, 0.1) is 5.92 Å². The number of rotatable bonds is 7. The van der Waals surface area contributed by atoms with Crippen molar-refractivity contribution in [1.82, 2.24) is 15.5 Å². The van der Waals surface area contributed by atoms with Crippen molar-refractivity contribution in [3.05, 3.63) is 0 Å².